The Bertz CT molecular complexity index is 507. The first-order chi connectivity index (χ1) is 8.63. The molecule has 5 heteroatoms. The molecule has 2 unspecified atom stereocenters. The van der Waals surface area contributed by atoms with Crippen LogP contribution in [0.5, 0.6) is 0 Å². The van der Waals surface area contributed by atoms with E-state index in [1.807, 2.05) is 33.8 Å². The fourth-order valence-electron chi connectivity index (χ4n) is 1.59. The lowest BCUT2D eigenvalue weighted by atomic mass is 10.1. The summed E-state index contributed by atoms with van der Waals surface area (Å²) in [4.78, 5) is 12.5. The number of hydrogen-bond acceptors (Lipinski definition) is 3. The largest absolute Gasteiger partial charge is 0.398 e. The van der Waals surface area contributed by atoms with E-state index in [0.717, 1.165) is 5.56 Å². The van der Waals surface area contributed by atoms with Crippen molar-refractivity contribution in [1.29, 1.82) is 0 Å². The summed E-state index contributed by atoms with van der Waals surface area (Å²) in [5.41, 5.74) is 6.95. The average Bonchev–Trinajstić information content (AvgIpc) is 2.28. The van der Waals surface area contributed by atoms with Gasteiger partial charge in [0.2, 0.25) is 5.91 Å². The molecule has 0 aliphatic carbocycles. The molecule has 1 aromatic rings. The highest BCUT2D eigenvalue weighted by Crippen LogP contribution is 2.22. The van der Waals surface area contributed by atoms with Gasteiger partial charge < -0.3 is 11.1 Å². The maximum Gasteiger partial charge on any atom is 0.236 e. The van der Waals surface area contributed by atoms with Crippen molar-refractivity contribution < 1.29 is 9.00 Å². The van der Waals surface area contributed by atoms with Gasteiger partial charge >= 0.3 is 0 Å². The van der Waals surface area contributed by atoms with Crippen LogP contribution < -0.4 is 11.1 Å². The standard InChI is InChI=1S/C14H22N2O2S/c1-9-7-6-8-11(12(9)15)19(18)10(2)13(17)16-14(3,4)5/h6-8,10H,15H2,1-5H3,(H,16,17). The molecular formula is C14H22N2O2S. The van der Waals surface area contributed by atoms with E-state index >= 15 is 0 Å². The van der Waals surface area contributed by atoms with E-state index < -0.39 is 16.0 Å². The highest BCUT2D eigenvalue weighted by molar-refractivity contribution is 7.86. The predicted molar refractivity (Wildman–Crippen MR) is 79.4 cm³/mol. The molecule has 0 aromatic heterocycles. The topological polar surface area (TPSA) is 72.2 Å². The van der Waals surface area contributed by atoms with Gasteiger partial charge in [-0.25, -0.2) is 0 Å². The third kappa shape index (κ3) is 4.06. The second-order valence-electron chi connectivity index (χ2n) is 5.67. The van der Waals surface area contributed by atoms with Gasteiger partial charge in [-0.1, -0.05) is 12.1 Å². The van der Waals surface area contributed by atoms with Gasteiger partial charge in [0.15, 0.2) is 0 Å². The minimum atomic E-state index is -1.45. The number of nitrogens with two attached hydrogens (primary N) is 1. The zero-order valence-electron chi connectivity index (χ0n) is 12.1. The Morgan fingerprint density at radius 2 is 1.95 bits per heavy atom. The highest BCUT2D eigenvalue weighted by Gasteiger charge is 2.26. The highest BCUT2D eigenvalue weighted by atomic mass is 32.2. The molecule has 0 saturated heterocycles. The number of nitrogen functional groups attached to an aromatic ring is 1. The number of aryl methyl sites for hydroxylation is 1. The maximum absolute atomic E-state index is 12.4. The van der Waals surface area contributed by atoms with Gasteiger partial charge in [-0.05, 0) is 46.2 Å². The molecule has 0 aliphatic rings. The quantitative estimate of drug-likeness (QED) is 0.833. The molecule has 1 amide bonds. The molecule has 0 fully saturated rings. The third-order valence-corrected chi connectivity index (χ3v) is 4.34. The summed E-state index contributed by atoms with van der Waals surface area (Å²) in [5, 5.41) is 2.20. The minimum Gasteiger partial charge on any atom is -0.398 e. The molecule has 0 heterocycles. The minimum absolute atomic E-state index is 0.230. The number of rotatable bonds is 3. The monoisotopic (exact) mass is 282 g/mol. The Morgan fingerprint density at radius 3 is 2.47 bits per heavy atom. The summed E-state index contributed by atoms with van der Waals surface area (Å²) >= 11 is 0. The molecule has 0 bridgehead atoms. The Labute approximate surface area is 117 Å². The van der Waals surface area contributed by atoms with Gasteiger partial charge in [-0.3, -0.25) is 9.00 Å². The first-order valence-electron chi connectivity index (χ1n) is 6.21. The lowest BCUT2D eigenvalue weighted by molar-refractivity contribution is -0.121. The molecule has 0 saturated carbocycles. The second kappa shape index (κ2) is 5.74. The molecule has 4 nitrogen and oxygen atoms in total. The van der Waals surface area contributed by atoms with Crippen molar-refractivity contribution in [3.05, 3.63) is 23.8 Å². The van der Waals surface area contributed by atoms with Crippen molar-refractivity contribution in [3.8, 4) is 0 Å². The SMILES string of the molecule is Cc1cccc(S(=O)C(C)C(=O)NC(C)(C)C)c1N. The number of carbonyl (C=O) groups excluding carboxylic acids is 1. The molecule has 3 N–H and O–H groups in total. The van der Waals surface area contributed by atoms with Crippen LogP contribution in [0.2, 0.25) is 0 Å². The van der Waals surface area contributed by atoms with Crippen LogP contribution in [0.1, 0.15) is 33.3 Å². The molecular weight excluding hydrogens is 260 g/mol. The summed E-state index contributed by atoms with van der Waals surface area (Å²) in [6.07, 6.45) is 0. The zero-order chi connectivity index (χ0) is 14.8. The summed E-state index contributed by atoms with van der Waals surface area (Å²) in [7, 11) is -1.45. The van der Waals surface area contributed by atoms with Crippen molar-refractivity contribution in [2.45, 2.75) is 50.3 Å². The smallest absolute Gasteiger partial charge is 0.236 e. The van der Waals surface area contributed by atoms with Gasteiger partial charge in [0.25, 0.3) is 0 Å². The van der Waals surface area contributed by atoms with E-state index in [9.17, 15) is 9.00 Å². The van der Waals surface area contributed by atoms with Gasteiger partial charge in [0, 0.05) is 5.54 Å². The number of benzene rings is 1. The number of amides is 1. The maximum atomic E-state index is 12.4. The zero-order valence-corrected chi connectivity index (χ0v) is 12.9. The summed E-state index contributed by atoms with van der Waals surface area (Å²) < 4.78 is 12.4. The summed E-state index contributed by atoms with van der Waals surface area (Å²) in [6, 6.07) is 5.36. The van der Waals surface area contributed by atoms with Crippen molar-refractivity contribution in [2.24, 2.45) is 0 Å². The van der Waals surface area contributed by atoms with Crippen LogP contribution in [0, 0.1) is 6.92 Å². The number of para-hydroxylation sites is 1. The normalized spacial score (nSPS) is 14.8. The molecule has 19 heavy (non-hydrogen) atoms. The lowest BCUT2D eigenvalue weighted by Crippen LogP contribution is -2.46. The Morgan fingerprint density at radius 1 is 1.37 bits per heavy atom. The van der Waals surface area contributed by atoms with Crippen LogP contribution in [0.3, 0.4) is 0 Å². The van der Waals surface area contributed by atoms with Crippen molar-refractivity contribution in [2.75, 3.05) is 5.73 Å². The van der Waals surface area contributed by atoms with Crippen LogP contribution in [0.15, 0.2) is 23.1 Å². The van der Waals surface area contributed by atoms with Crippen LogP contribution >= 0.6 is 0 Å². The van der Waals surface area contributed by atoms with Crippen LogP contribution in [0.4, 0.5) is 5.69 Å². The van der Waals surface area contributed by atoms with E-state index in [4.69, 9.17) is 5.73 Å². The Balaban J connectivity index is 2.94. The summed E-state index contributed by atoms with van der Waals surface area (Å²) in [5.74, 6) is -0.230. The van der Waals surface area contributed by atoms with Crippen LogP contribution in [-0.2, 0) is 15.6 Å². The van der Waals surface area contributed by atoms with Crippen LogP contribution in [-0.4, -0.2) is 20.9 Å². The number of hydrogen-bond donors (Lipinski definition) is 2. The predicted octanol–water partition coefficient (Wildman–Crippen LogP) is 1.99. The molecule has 1 aromatic carbocycles. The summed E-state index contributed by atoms with van der Waals surface area (Å²) in [6.45, 7) is 9.18. The van der Waals surface area contributed by atoms with E-state index in [1.165, 1.54) is 0 Å². The number of anilines is 1. The van der Waals surface area contributed by atoms with Crippen molar-refractivity contribution in [1.82, 2.24) is 5.32 Å². The molecule has 0 radical (unpaired) electrons. The first kappa shape index (κ1) is 15.7. The fraction of sp³-hybridized carbons (Fsp3) is 0.500. The molecule has 1 rings (SSSR count). The average molecular weight is 282 g/mol. The second-order valence-corrected chi connectivity index (χ2v) is 7.41. The van der Waals surface area contributed by atoms with Crippen molar-refractivity contribution in [3.63, 3.8) is 0 Å². The van der Waals surface area contributed by atoms with E-state index in [1.54, 1.807) is 19.1 Å². The number of carbonyl (C=O) groups is 1. The first-order valence-corrected chi connectivity index (χ1v) is 7.42. The van der Waals surface area contributed by atoms with Gasteiger partial charge in [-0.2, -0.15) is 0 Å². The van der Waals surface area contributed by atoms with Crippen LogP contribution in [0.25, 0.3) is 0 Å². The fourth-order valence-corrected chi connectivity index (χ4v) is 2.81. The third-order valence-electron chi connectivity index (χ3n) is 2.69. The van der Waals surface area contributed by atoms with Gasteiger partial charge in [0.05, 0.1) is 21.4 Å². The van der Waals surface area contributed by atoms with Gasteiger partial charge in [-0.15, -0.1) is 0 Å². The molecule has 0 aliphatic heterocycles. The van der Waals surface area contributed by atoms with E-state index in [2.05, 4.69) is 5.32 Å². The Hall–Kier alpha value is -1.36. The molecule has 0 spiro atoms. The van der Waals surface area contributed by atoms with Gasteiger partial charge in [0.1, 0.15) is 5.25 Å². The van der Waals surface area contributed by atoms with Crippen molar-refractivity contribution >= 4 is 22.4 Å². The molecule has 2 atom stereocenters. The molecule has 106 valence electrons. The lowest BCUT2D eigenvalue weighted by Gasteiger charge is -2.23. The number of nitrogens with one attached hydrogen (secondary N) is 1. The Kier molecular flexibility index (Phi) is 4.74. The van der Waals surface area contributed by atoms with E-state index in [0.29, 0.717) is 10.6 Å². The van der Waals surface area contributed by atoms with E-state index in [-0.39, 0.29) is 11.4 Å².